The molecule has 1 N–H and O–H groups in total. The van der Waals surface area contributed by atoms with Gasteiger partial charge in [0.15, 0.2) is 0 Å². The fraction of sp³-hybridized carbons (Fsp3) is 0.0769. The molecule has 1 amide bonds. The number of nitrogens with one attached hydrogen (secondary N) is 1. The minimum absolute atomic E-state index is 0.296. The molecule has 0 aliphatic rings. The monoisotopic (exact) mass is 314 g/mol. The fourth-order valence-electron chi connectivity index (χ4n) is 1.53. The van der Waals surface area contributed by atoms with Gasteiger partial charge in [-0.25, -0.2) is 4.98 Å². The number of hydrogen-bond donors (Lipinski definition) is 1. The van der Waals surface area contributed by atoms with E-state index in [9.17, 15) is 4.79 Å². The topological polar surface area (TPSA) is 42.0 Å². The molecule has 0 spiro atoms. The van der Waals surface area contributed by atoms with E-state index < -0.39 is 0 Å². The van der Waals surface area contributed by atoms with Crippen LogP contribution in [0.5, 0.6) is 0 Å². The molecule has 1 aromatic carbocycles. The van der Waals surface area contributed by atoms with Gasteiger partial charge in [0.2, 0.25) is 0 Å². The highest BCUT2D eigenvalue weighted by Gasteiger charge is 2.12. The first-order valence-corrected chi connectivity index (χ1v) is 6.50. The second-order valence-electron chi connectivity index (χ2n) is 3.85. The molecule has 0 saturated heterocycles. The maximum Gasteiger partial charge on any atom is 0.257 e. The summed E-state index contributed by atoms with van der Waals surface area (Å²) in [7, 11) is 0. The average Bonchev–Trinajstić information content (AvgIpc) is 2.32. The lowest BCUT2D eigenvalue weighted by Crippen LogP contribution is -2.13. The van der Waals surface area contributed by atoms with Crippen LogP contribution in [0, 0.1) is 6.92 Å². The second-order valence-corrected chi connectivity index (χ2v) is 5.08. The molecule has 98 valence electrons. The minimum Gasteiger partial charge on any atom is -0.320 e. The highest BCUT2D eigenvalue weighted by Crippen LogP contribution is 2.23. The van der Waals surface area contributed by atoms with E-state index in [-0.39, 0.29) is 5.91 Å². The smallest absolute Gasteiger partial charge is 0.257 e. The first kappa shape index (κ1) is 14.1. The summed E-state index contributed by atoms with van der Waals surface area (Å²) < 4.78 is 0. The standard InChI is InChI=1S/C13H9Cl3N2O/c1-7-11(4-5-12(16)17-7)18-13(19)9-3-2-8(14)6-10(9)15/h2-6H,1H3,(H,18,19). The number of pyridine rings is 1. The van der Waals surface area contributed by atoms with Gasteiger partial charge in [-0.15, -0.1) is 0 Å². The number of anilines is 1. The summed E-state index contributed by atoms with van der Waals surface area (Å²) in [5.41, 5.74) is 1.56. The lowest BCUT2D eigenvalue weighted by molar-refractivity contribution is 0.102. The number of nitrogens with zero attached hydrogens (tertiary/aromatic N) is 1. The first-order chi connectivity index (χ1) is 8.97. The molecule has 3 nitrogen and oxygen atoms in total. The van der Waals surface area contributed by atoms with Gasteiger partial charge in [-0.2, -0.15) is 0 Å². The molecule has 0 atom stereocenters. The third kappa shape index (κ3) is 3.38. The average molecular weight is 316 g/mol. The zero-order chi connectivity index (χ0) is 14.0. The third-order valence-electron chi connectivity index (χ3n) is 2.48. The van der Waals surface area contributed by atoms with Gasteiger partial charge in [0.25, 0.3) is 5.91 Å². The van der Waals surface area contributed by atoms with Crippen molar-refractivity contribution in [2.45, 2.75) is 6.92 Å². The van der Waals surface area contributed by atoms with E-state index in [1.807, 2.05) is 0 Å². The van der Waals surface area contributed by atoms with Gasteiger partial charge in [-0.1, -0.05) is 34.8 Å². The predicted molar refractivity (Wildman–Crippen MR) is 78.4 cm³/mol. The van der Waals surface area contributed by atoms with E-state index in [2.05, 4.69) is 10.3 Å². The van der Waals surface area contributed by atoms with Crippen molar-refractivity contribution < 1.29 is 4.79 Å². The summed E-state index contributed by atoms with van der Waals surface area (Å²) in [6.07, 6.45) is 0. The number of rotatable bonds is 2. The summed E-state index contributed by atoms with van der Waals surface area (Å²) in [6.45, 7) is 1.75. The van der Waals surface area contributed by atoms with Crippen LogP contribution >= 0.6 is 34.8 Å². The van der Waals surface area contributed by atoms with Gasteiger partial charge in [0.05, 0.1) is 22.0 Å². The summed E-state index contributed by atoms with van der Waals surface area (Å²) in [5.74, 6) is -0.325. The summed E-state index contributed by atoms with van der Waals surface area (Å²) >= 11 is 17.5. The van der Waals surface area contributed by atoms with Crippen LogP contribution in [0.3, 0.4) is 0 Å². The molecular formula is C13H9Cl3N2O. The van der Waals surface area contributed by atoms with E-state index in [0.29, 0.717) is 32.1 Å². The molecule has 2 rings (SSSR count). The lowest BCUT2D eigenvalue weighted by Gasteiger charge is -2.09. The molecule has 2 aromatic rings. The van der Waals surface area contributed by atoms with Crippen LogP contribution in [-0.4, -0.2) is 10.9 Å². The van der Waals surface area contributed by atoms with E-state index in [4.69, 9.17) is 34.8 Å². The number of halogens is 3. The highest BCUT2D eigenvalue weighted by atomic mass is 35.5. The predicted octanol–water partition coefficient (Wildman–Crippen LogP) is 4.60. The van der Waals surface area contributed by atoms with Crippen molar-refractivity contribution in [1.82, 2.24) is 4.98 Å². The number of benzene rings is 1. The fourth-order valence-corrected chi connectivity index (χ4v) is 2.21. The molecule has 1 heterocycles. The minimum atomic E-state index is -0.325. The van der Waals surface area contributed by atoms with Crippen molar-refractivity contribution >= 4 is 46.4 Å². The van der Waals surface area contributed by atoms with Crippen molar-refractivity contribution in [3.63, 3.8) is 0 Å². The van der Waals surface area contributed by atoms with Crippen LogP contribution in [0.25, 0.3) is 0 Å². The van der Waals surface area contributed by atoms with E-state index in [1.165, 1.54) is 6.07 Å². The van der Waals surface area contributed by atoms with Crippen molar-refractivity contribution in [1.29, 1.82) is 0 Å². The molecule has 0 aliphatic heterocycles. The van der Waals surface area contributed by atoms with Crippen LogP contribution < -0.4 is 5.32 Å². The zero-order valence-electron chi connectivity index (χ0n) is 9.88. The van der Waals surface area contributed by atoms with Crippen molar-refractivity contribution in [2.24, 2.45) is 0 Å². The molecule has 1 aromatic heterocycles. The summed E-state index contributed by atoms with van der Waals surface area (Å²) in [4.78, 5) is 16.1. The van der Waals surface area contributed by atoms with Crippen LogP contribution in [0.2, 0.25) is 15.2 Å². The van der Waals surface area contributed by atoms with E-state index in [1.54, 1.807) is 31.2 Å². The lowest BCUT2D eigenvalue weighted by atomic mass is 10.2. The quantitative estimate of drug-likeness (QED) is 0.823. The highest BCUT2D eigenvalue weighted by molar-refractivity contribution is 6.37. The zero-order valence-corrected chi connectivity index (χ0v) is 12.1. The van der Waals surface area contributed by atoms with Crippen LogP contribution in [0.4, 0.5) is 5.69 Å². The summed E-state index contributed by atoms with van der Waals surface area (Å²) in [5, 5.41) is 3.87. The Labute approximate surface area is 125 Å². The Morgan fingerprint density at radius 1 is 1.16 bits per heavy atom. The maximum atomic E-state index is 12.1. The Bertz CT molecular complexity index is 644. The van der Waals surface area contributed by atoms with Crippen LogP contribution in [0.15, 0.2) is 30.3 Å². The van der Waals surface area contributed by atoms with Gasteiger partial charge in [0.1, 0.15) is 5.15 Å². The normalized spacial score (nSPS) is 10.3. The third-order valence-corrected chi connectivity index (χ3v) is 3.23. The molecule has 0 fully saturated rings. The van der Waals surface area contributed by atoms with Crippen LogP contribution in [0.1, 0.15) is 16.1 Å². The van der Waals surface area contributed by atoms with Crippen molar-refractivity contribution in [3.05, 3.63) is 56.8 Å². The molecule has 0 bridgehead atoms. The van der Waals surface area contributed by atoms with Gasteiger partial charge in [-0.3, -0.25) is 4.79 Å². The second kappa shape index (κ2) is 5.78. The Balaban J connectivity index is 2.25. The van der Waals surface area contributed by atoms with Gasteiger partial charge in [0, 0.05) is 5.02 Å². The molecule has 0 radical (unpaired) electrons. The van der Waals surface area contributed by atoms with Crippen molar-refractivity contribution in [3.8, 4) is 0 Å². The molecule has 0 aliphatic carbocycles. The number of amides is 1. The van der Waals surface area contributed by atoms with E-state index in [0.717, 1.165) is 0 Å². The molecule has 19 heavy (non-hydrogen) atoms. The number of carbonyl (C=O) groups excluding carboxylic acids is 1. The van der Waals surface area contributed by atoms with Crippen LogP contribution in [-0.2, 0) is 0 Å². The first-order valence-electron chi connectivity index (χ1n) is 5.37. The van der Waals surface area contributed by atoms with E-state index >= 15 is 0 Å². The molecule has 0 saturated carbocycles. The Morgan fingerprint density at radius 3 is 2.53 bits per heavy atom. The molecule has 0 unspecified atom stereocenters. The number of aromatic nitrogens is 1. The Morgan fingerprint density at radius 2 is 1.89 bits per heavy atom. The molecule has 6 heteroatoms. The van der Waals surface area contributed by atoms with Gasteiger partial charge >= 0.3 is 0 Å². The number of hydrogen-bond acceptors (Lipinski definition) is 2. The summed E-state index contributed by atoms with van der Waals surface area (Å²) in [6, 6.07) is 7.99. The Hall–Kier alpha value is -1.29. The number of aryl methyl sites for hydroxylation is 1. The largest absolute Gasteiger partial charge is 0.320 e. The SMILES string of the molecule is Cc1nc(Cl)ccc1NC(=O)c1ccc(Cl)cc1Cl. The van der Waals surface area contributed by atoms with Crippen molar-refractivity contribution in [2.75, 3.05) is 5.32 Å². The van der Waals surface area contributed by atoms with Gasteiger partial charge < -0.3 is 5.32 Å². The number of carbonyl (C=O) groups is 1. The maximum absolute atomic E-state index is 12.1. The Kier molecular flexibility index (Phi) is 4.30. The molecular weight excluding hydrogens is 307 g/mol. The van der Waals surface area contributed by atoms with Gasteiger partial charge in [-0.05, 0) is 37.3 Å².